The number of aryl methyl sites for hydroxylation is 2. The van der Waals surface area contributed by atoms with Crippen molar-refractivity contribution in [3.63, 3.8) is 0 Å². The SMILES string of the molecule is Cc1nnc2sc(C(=O)N3CC(NC(=O)O)C3)c(N)c2c1C. The van der Waals surface area contributed by atoms with Crippen LogP contribution in [0.25, 0.3) is 10.2 Å². The standard InChI is InChI=1S/C13H15N5O3S/c1-5-6(2)16-17-11-8(5)9(14)10(22-11)12(19)18-3-7(4-18)15-13(20)21/h7,15H,3-4,14H2,1-2H3,(H,20,21). The van der Waals surface area contributed by atoms with Gasteiger partial charge in [0, 0.05) is 18.5 Å². The molecule has 0 aliphatic carbocycles. The minimum Gasteiger partial charge on any atom is -0.465 e. The zero-order valence-corrected chi connectivity index (χ0v) is 12.9. The number of nitrogens with zero attached hydrogens (tertiary/aromatic N) is 3. The Morgan fingerprint density at radius 2 is 2.05 bits per heavy atom. The highest BCUT2D eigenvalue weighted by atomic mass is 32.1. The molecule has 2 amide bonds. The number of hydrogen-bond acceptors (Lipinski definition) is 6. The van der Waals surface area contributed by atoms with E-state index in [4.69, 9.17) is 10.8 Å². The van der Waals surface area contributed by atoms with Gasteiger partial charge in [-0.25, -0.2) is 4.79 Å². The second-order valence-electron chi connectivity index (χ2n) is 5.29. The van der Waals surface area contributed by atoms with Crippen LogP contribution in [0.2, 0.25) is 0 Å². The lowest BCUT2D eigenvalue weighted by Gasteiger charge is -2.38. The van der Waals surface area contributed by atoms with Crippen LogP contribution in [0.3, 0.4) is 0 Å². The summed E-state index contributed by atoms with van der Waals surface area (Å²) in [7, 11) is 0. The van der Waals surface area contributed by atoms with E-state index in [2.05, 4.69) is 15.5 Å². The van der Waals surface area contributed by atoms with Gasteiger partial charge in [0.1, 0.15) is 9.71 Å². The van der Waals surface area contributed by atoms with Crippen LogP contribution in [0.15, 0.2) is 0 Å². The zero-order chi connectivity index (χ0) is 16.0. The van der Waals surface area contributed by atoms with Gasteiger partial charge in [-0.2, -0.15) is 5.10 Å². The molecule has 0 bridgehead atoms. The number of nitrogens with one attached hydrogen (secondary N) is 1. The van der Waals surface area contributed by atoms with Crippen LogP contribution in [-0.2, 0) is 0 Å². The van der Waals surface area contributed by atoms with Gasteiger partial charge in [-0.05, 0) is 19.4 Å². The van der Waals surface area contributed by atoms with Gasteiger partial charge in [0.05, 0.1) is 17.4 Å². The number of carbonyl (C=O) groups excluding carboxylic acids is 1. The third-order valence-corrected chi connectivity index (χ3v) is 4.90. The average molecular weight is 321 g/mol. The van der Waals surface area contributed by atoms with Crippen LogP contribution >= 0.6 is 11.3 Å². The number of nitrogen functional groups attached to an aromatic ring is 1. The molecule has 3 heterocycles. The van der Waals surface area contributed by atoms with Crippen molar-refractivity contribution in [1.29, 1.82) is 0 Å². The molecule has 1 aliphatic rings. The smallest absolute Gasteiger partial charge is 0.405 e. The summed E-state index contributed by atoms with van der Waals surface area (Å²) in [6, 6.07) is -0.221. The van der Waals surface area contributed by atoms with Crippen LogP contribution < -0.4 is 11.1 Å². The van der Waals surface area contributed by atoms with Crippen molar-refractivity contribution in [1.82, 2.24) is 20.4 Å². The minimum atomic E-state index is -1.08. The number of fused-ring (bicyclic) bond motifs is 1. The molecule has 22 heavy (non-hydrogen) atoms. The molecule has 0 unspecified atom stereocenters. The molecule has 2 aromatic rings. The molecule has 1 saturated heterocycles. The first-order chi connectivity index (χ1) is 10.4. The lowest BCUT2D eigenvalue weighted by atomic mass is 10.1. The van der Waals surface area contributed by atoms with Crippen LogP contribution in [0, 0.1) is 13.8 Å². The zero-order valence-electron chi connectivity index (χ0n) is 12.1. The van der Waals surface area contributed by atoms with Gasteiger partial charge in [0.25, 0.3) is 5.91 Å². The summed E-state index contributed by atoms with van der Waals surface area (Å²) in [5.74, 6) is -0.194. The highest BCUT2D eigenvalue weighted by molar-refractivity contribution is 7.21. The van der Waals surface area contributed by atoms with E-state index in [-0.39, 0.29) is 11.9 Å². The Balaban J connectivity index is 1.86. The first-order valence-electron chi connectivity index (χ1n) is 6.69. The van der Waals surface area contributed by atoms with Crippen molar-refractivity contribution in [3.05, 3.63) is 16.1 Å². The normalized spacial score (nSPS) is 14.9. The van der Waals surface area contributed by atoms with Crippen LogP contribution in [0.5, 0.6) is 0 Å². The average Bonchev–Trinajstić information content (AvgIpc) is 2.75. The Hall–Kier alpha value is -2.42. The summed E-state index contributed by atoms with van der Waals surface area (Å²) in [6.45, 7) is 4.45. The second kappa shape index (κ2) is 5.09. The molecule has 0 atom stereocenters. The fourth-order valence-electron chi connectivity index (χ4n) is 2.45. The summed E-state index contributed by atoms with van der Waals surface area (Å²) in [6.07, 6.45) is -1.08. The topological polar surface area (TPSA) is 121 Å². The summed E-state index contributed by atoms with van der Waals surface area (Å²) < 4.78 is 0. The molecule has 4 N–H and O–H groups in total. The van der Waals surface area contributed by atoms with Gasteiger partial charge in [0.2, 0.25) is 0 Å². The lowest BCUT2D eigenvalue weighted by Crippen LogP contribution is -2.60. The van der Waals surface area contributed by atoms with Crippen LogP contribution in [0.4, 0.5) is 10.5 Å². The quantitative estimate of drug-likeness (QED) is 0.758. The van der Waals surface area contributed by atoms with Gasteiger partial charge in [-0.1, -0.05) is 0 Å². The first kappa shape index (κ1) is 14.5. The maximum atomic E-state index is 12.5. The van der Waals surface area contributed by atoms with E-state index in [0.29, 0.717) is 28.5 Å². The molecular weight excluding hydrogens is 306 g/mol. The molecule has 0 spiro atoms. The third-order valence-electron chi connectivity index (χ3n) is 3.83. The summed E-state index contributed by atoms with van der Waals surface area (Å²) in [5.41, 5.74) is 8.26. The number of carbonyl (C=O) groups is 2. The molecule has 0 saturated carbocycles. The van der Waals surface area contributed by atoms with E-state index < -0.39 is 6.09 Å². The highest BCUT2D eigenvalue weighted by Gasteiger charge is 2.34. The fourth-order valence-corrected chi connectivity index (χ4v) is 3.52. The van der Waals surface area contributed by atoms with E-state index in [1.807, 2.05) is 13.8 Å². The van der Waals surface area contributed by atoms with E-state index >= 15 is 0 Å². The van der Waals surface area contributed by atoms with E-state index in [1.165, 1.54) is 11.3 Å². The molecule has 0 aromatic carbocycles. The molecule has 1 aliphatic heterocycles. The largest absolute Gasteiger partial charge is 0.465 e. The molecule has 8 nitrogen and oxygen atoms in total. The molecule has 2 aromatic heterocycles. The molecular formula is C13H15N5O3S. The molecule has 1 fully saturated rings. The van der Waals surface area contributed by atoms with Crippen LogP contribution in [-0.4, -0.2) is 51.3 Å². The van der Waals surface area contributed by atoms with Gasteiger partial charge in [-0.3, -0.25) is 4.79 Å². The van der Waals surface area contributed by atoms with Crippen molar-refractivity contribution < 1.29 is 14.7 Å². The Bertz CT molecular complexity index is 782. The fraction of sp³-hybridized carbons (Fsp3) is 0.385. The number of hydrogen-bond donors (Lipinski definition) is 3. The van der Waals surface area contributed by atoms with Crippen molar-refractivity contribution in [2.24, 2.45) is 0 Å². The molecule has 9 heteroatoms. The number of carboxylic acid groups (broad SMARTS) is 1. The van der Waals surface area contributed by atoms with Gasteiger partial charge in [0.15, 0.2) is 0 Å². The van der Waals surface area contributed by atoms with Crippen molar-refractivity contribution in [2.75, 3.05) is 18.8 Å². The van der Waals surface area contributed by atoms with E-state index in [9.17, 15) is 9.59 Å². The van der Waals surface area contributed by atoms with Crippen LogP contribution in [0.1, 0.15) is 20.9 Å². The maximum absolute atomic E-state index is 12.5. The Kier molecular flexibility index (Phi) is 3.36. The number of nitrogens with two attached hydrogens (primary N) is 1. The second-order valence-corrected chi connectivity index (χ2v) is 6.29. The minimum absolute atomic E-state index is 0.194. The number of thiophene rings is 1. The number of aromatic nitrogens is 2. The Morgan fingerprint density at radius 1 is 1.36 bits per heavy atom. The number of likely N-dealkylation sites (tertiary alicyclic amines) is 1. The monoisotopic (exact) mass is 321 g/mol. The predicted molar refractivity (Wildman–Crippen MR) is 82.2 cm³/mol. The Morgan fingerprint density at radius 3 is 2.68 bits per heavy atom. The first-order valence-corrected chi connectivity index (χ1v) is 7.50. The maximum Gasteiger partial charge on any atom is 0.405 e. The van der Waals surface area contributed by atoms with Gasteiger partial charge >= 0.3 is 6.09 Å². The van der Waals surface area contributed by atoms with Gasteiger partial charge in [-0.15, -0.1) is 16.4 Å². The predicted octanol–water partition coefficient (Wildman–Crippen LogP) is 0.982. The lowest BCUT2D eigenvalue weighted by molar-refractivity contribution is 0.0570. The number of amides is 2. The summed E-state index contributed by atoms with van der Waals surface area (Å²) in [4.78, 5) is 25.7. The van der Waals surface area contributed by atoms with Crippen molar-refractivity contribution in [2.45, 2.75) is 19.9 Å². The Labute approximate surface area is 129 Å². The van der Waals surface area contributed by atoms with Gasteiger partial charge < -0.3 is 21.1 Å². The summed E-state index contributed by atoms with van der Waals surface area (Å²) in [5, 5.41) is 19.9. The summed E-state index contributed by atoms with van der Waals surface area (Å²) >= 11 is 1.22. The number of rotatable bonds is 2. The third kappa shape index (κ3) is 2.23. The molecule has 0 radical (unpaired) electrons. The number of anilines is 1. The van der Waals surface area contributed by atoms with E-state index in [0.717, 1.165) is 16.6 Å². The molecule has 3 rings (SSSR count). The van der Waals surface area contributed by atoms with Crippen molar-refractivity contribution in [3.8, 4) is 0 Å². The van der Waals surface area contributed by atoms with E-state index in [1.54, 1.807) is 4.90 Å². The van der Waals surface area contributed by atoms with Crippen molar-refractivity contribution >= 4 is 39.2 Å². The highest BCUT2D eigenvalue weighted by Crippen LogP contribution is 2.36. The molecule has 116 valence electrons.